The van der Waals surface area contributed by atoms with Crippen molar-refractivity contribution in [3.05, 3.63) is 58.8 Å². The standard InChI is InChI=1S/C20H25N3OS/c1-14(18-21-22-19(24-18)17-7-6-12-25-17)23(5)13-15-8-10-16(11-9-15)20(2,3)4/h6-12,14H,13H2,1-5H3/t14-/m0/s1. The summed E-state index contributed by atoms with van der Waals surface area (Å²) in [6.45, 7) is 9.63. The van der Waals surface area contributed by atoms with Crippen LogP contribution < -0.4 is 0 Å². The second kappa shape index (κ2) is 7.10. The normalized spacial score (nSPS) is 13.4. The fraction of sp³-hybridized carbons (Fsp3) is 0.400. The number of hydrogen-bond donors (Lipinski definition) is 0. The number of thiophene rings is 1. The first-order valence-corrected chi connectivity index (χ1v) is 9.39. The molecule has 0 radical (unpaired) electrons. The van der Waals surface area contributed by atoms with Crippen LogP contribution in [0.3, 0.4) is 0 Å². The van der Waals surface area contributed by atoms with E-state index in [1.54, 1.807) is 11.3 Å². The quantitative estimate of drug-likeness (QED) is 0.624. The maximum absolute atomic E-state index is 5.86. The minimum absolute atomic E-state index is 0.0588. The number of nitrogens with zero attached hydrogens (tertiary/aromatic N) is 3. The van der Waals surface area contributed by atoms with Crippen LogP contribution >= 0.6 is 11.3 Å². The van der Waals surface area contributed by atoms with Crippen LogP contribution in [-0.4, -0.2) is 22.1 Å². The monoisotopic (exact) mass is 355 g/mol. The molecule has 1 aromatic carbocycles. The van der Waals surface area contributed by atoms with Crippen LogP contribution in [0.25, 0.3) is 10.8 Å². The highest BCUT2D eigenvalue weighted by molar-refractivity contribution is 7.13. The highest BCUT2D eigenvalue weighted by Crippen LogP contribution is 2.27. The van der Waals surface area contributed by atoms with Gasteiger partial charge in [0, 0.05) is 6.54 Å². The molecular formula is C20H25N3OS. The molecule has 0 spiro atoms. The van der Waals surface area contributed by atoms with E-state index in [1.165, 1.54) is 11.1 Å². The predicted octanol–water partition coefficient (Wildman–Crippen LogP) is 5.29. The average molecular weight is 356 g/mol. The zero-order valence-corrected chi connectivity index (χ0v) is 16.3. The minimum atomic E-state index is 0.0588. The lowest BCUT2D eigenvalue weighted by Crippen LogP contribution is -2.22. The molecule has 0 aliphatic rings. The molecule has 0 amide bonds. The Morgan fingerprint density at radius 2 is 1.84 bits per heavy atom. The van der Waals surface area contributed by atoms with E-state index in [0.717, 1.165) is 11.4 Å². The van der Waals surface area contributed by atoms with Crippen molar-refractivity contribution in [1.82, 2.24) is 15.1 Å². The van der Waals surface area contributed by atoms with Crippen molar-refractivity contribution < 1.29 is 4.42 Å². The van der Waals surface area contributed by atoms with Gasteiger partial charge < -0.3 is 4.42 Å². The maximum Gasteiger partial charge on any atom is 0.257 e. The van der Waals surface area contributed by atoms with E-state index < -0.39 is 0 Å². The van der Waals surface area contributed by atoms with Crippen molar-refractivity contribution >= 4 is 11.3 Å². The van der Waals surface area contributed by atoms with Crippen LogP contribution in [-0.2, 0) is 12.0 Å². The van der Waals surface area contributed by atoms with E-state index in [2.05, 4.69) is 74.1 Å². The lowest BCUT2D eigenvalue weighted by molar-refractivity contribution is 0.218. The molecule has 5 heteroatoms. The van der Waals surface area contributed by atoms with Crippen molar-refractivity contribution in [1.29, 1.82) is 0 Å². The summed E-state index contributed by atoms with van der Waals surface area (Å²) >= 11 is 1.61. The summed E-state index contributed by atoms with van der Waals surface area (Å²) in [7, 11) is 2.08. The van der Waals surface area contributed by atoms with Crippen molar-refractivity contribution in [2.75, 3.05) is 7.05 Å². The lowest BCUT2D eigenvalue weighted by Gasteiger charge is -2.23. The van der Waals surface area contributed by atoms with Crippen molar-refractivity contribution in [2.24, 2.45) is 0 Å². The molecule has 2 aromatic heterocycles. The zero-order chi connectivity index (χ0) is 18.0. The van der Waals surface area contributed by atoms with Gasteiger partial charge >= 0.3 is 0 Å². The number of hydrogen-bond acceptors (Lipinski definition) is 5. The molecule has 0 unspecified atom stereocenters. The van der Waals surface area contributed by atoms with E-state index >= 15 is 0 Å². The molecule has 1 atom stereocenters. The Morgan fingerprint density at radius 3 is 2.44 bits per heavy atom. The second-order valence-corrected chi connectivity index (χ2v) is 8.41. The minimum Gasteiger partial charge on any atom is -0.418 e. The first kappa shape index (κ1) is 17.8. The molecule has 0 aliphatic carbocycles. The molecule has 0 aliphatic heterocycles. The van der Waals surface area contributed by atoms with Gasteiger partial charge in [0.15, 0.2) is 0 Å². The van der Waals surface area contributed by atoms with Gasteiger partial charge in [-0.25, -0.2) is 0 Å². The molecule has 3 rings (SSSR count). The smallest absolute Gasteiger partial charge is 0.257 e. The van der Waals surface area contributed by atoms with Gasteiger partial charge in [0.05, 0.1) is 10.9 Å². The molecular weight excluding hydrogens is 330 g/mol. The van der Waals surface area contributed by atoms with E-state index in [9.17, 15) is 0 Å². The molecule has 0 saturated heterocycles. The second-order valence-electron chi connectivity index (χ2n) is 7.46. The van der Waals surface area contributed by atoms with Gasteiger partial charge in [-0.15, -0.1) is 21.5 Å². The summed E-state index contributed by atoms with van der Waals surface area (Å²) in [5.41, 5.74) is 2.81. The van der Waals surface area contributed by atoms with E-state index in [0.29, 0.717) is 11.8 Å². The SMILES string of the molecule is C[C@@H](c1nnc(-c2cccs2)o1)N(C)Cc1ccc(C(C)(C)C)cc1. The largest absolute Gasteiger partial charge is 0.418 e. The Balaban J connectivity index is 1.67. The van der Waals surface area contributed by atoms with Gasteiger partial charge in [-0.2, -0.15) is 0 Å². The molecule has 0 bridgehead atoms. The third-order valence-corrected chi connectivity index (χ3v) is 5.30. The predicted molar refractivity (Wildman–Crippen MR) is 103 cm³/mol. The highest BCUT2D eigenvalue weighted by atomic mass is 32.1. The van der Waals surface area contributed by atoms with Crippen molar-refractivity contribution in [3.8, 4) is 10.8 Å². The Morgan fingerprint density at radius 1 is 1.12 bits per heavy atom. The topological polar surface area (TPSA) is 42.2 Å². The first-order valence-electron chi connectivity index (χ1n) is 8.51. The van der Waals surface area contributed by atoms with Crippen LogP contribution in [0.1, 0.15) is 50.8 Å². The fourth-order valence-electron chi connectivity index (χ4n) is 2.63. The summed E-state index contributed by atoms with van der Waals surface area (Å²) in [6, 6.07) is 12.9. The van der Waals surface area contributed by atoms with Crippen LogP contribution in [0.2, 0.25) is 0 Å². The Hall–Kier alpha value is -1.98. The summed E-state index contributed by atoms with van der Waals surface area (Å²) in [5.74, 6) is 1.25. The third-order valence-electron chi connectivity index (χ3n) is 4.44. The number of aromatic nitrogens is 2. The van der Waals surface area contributed by atoms with E-state index in [1.807, 2.05) is 17.5 Å². The summed E-state index contributed by atoms with van der Waals surface area (Å²) in [6.07, 6.45) is 0. The van der Waals surface area contributed by atoms with Crippen LogP contribution in [0.15, 0.2) is 46.2 Å². The summed E-state index contributed by atoms with van der Waals surface area (Å²) in [4.78, 5) is 3.23. The molecule has 132 valence electrons. The Bertz CT molecular complexity index is 800. The first-order chi connectivity index (χ1) is 11.8. The maximum atomic E-state index is 5.86. The van der Waals surface area contributed by atoms with Gasteiger partial charge in [-0.1, -0.05) is 51.1 Å². The molecule has 3 aromatic rings. The summed E-state index contributed by atoms with van der Waals surface area (Å²) in [5, 5.41) is 10.4. The Kier molecular flexibility index (Phi) is 5.06. The van der Waals surface area contributed by atoms with Gasteiger partial charge in [0.1, 0.15) is 0 Å². The highest BCUT2D eigenvalue weighted by Gasteiger charge is 2.20. The van der Waals surface area contributed by atoms with Crippen LogP contribution in [0, 0.1) is 0 Å². The van der Waals surface area contributed by atoms with Gasteiger partial charge in [0.2, 0.25) is 5.89 Å². The lowest BCUT2D eigenvalue weighted by atomic mass is 9.87. The van der Waals surface area contributed by atoms with Gasteiger partial charge in [0.25, 0.3) is 5.89 Å². The molecule has 0 saturated carbocycles. The van der Waals surface area contributed by atoms with Crippen molar-refractivity contribution in [2.45, 2.75) is 45.7 Å². The van der Waals surface area contributed by atoms with Crippen LogP contribution in [0.4, 0.5) is 0 Å². The Labute approximate surface area is 153 Å². The van der Waals surface area contributed by atoms with E-state index in [-0.39, 0.29) is 11.5 Å². The number of rotatable bonds is 5. The third kappa shape index (κ3) is 4.17. The van der Waals surface area contributed by atoms with Gasteiger partial charge in [-0.05, 0) is 42.0 Å². The molecule has 2 heterocycles. The fourth-order valence-corrected chi connectivity index (χ4v) is 3.27. The molecule has 25 heavy (non-hydrogen) atoms. The average Bonchev–Trinajstić information content (AvgIpc) is 3.25. The summed E-state index contributed by atoms with van der Waals surface area (Å²) < 4.78 is 5.86. The van der Waals surface area contributed by atoms with Crippen molar-refractivity contribution in [3.63, 3.8) is 0 Å². The molecule has 0 fully saturated rings. The number of benzene rings is 1. The van der Waals surface area contributed by atoms with Gasteiger partial charge in [-0.3, -0.25) is 4.90 Å². The van der Waals surface area contributed by atoms with E-state index in [4.69, 9.17) is 4.42 Å². The zero-order valence-electron chi connectivity index (χ0n) is 15.5. The molecule has 4 nitrogen and oxygen atoms in total. The van der Waals surface area contributed by atoms with Crippen LogP contribution in [0.5, 0.6) is 0 Å². The molecule has 0 N–H and O–H groups in total.